The maximum absolute atomic E-state index is 9.27. The number of rotatable bonds is 4. The molecule has 2 N–H and O–H groups in total. The molecule has 102 valence electrons. The van der Waals surface area contributed by atoms with Gasteiger partial charge in [0.05, 0.1) is 20.8 Å². The first-order chi connectivity index (χ1) is 9.12. The first kappa shape index (κ1) is 13.5. The summed E-state index contributed by atoms with van der Waals surface area (Å²) in [6.07, 6.45) is 0. The number of aryl methyl sites for hydroxylation is 1. The molecule has 0 atom stereocenters. The zero-order valence-electron chi connectivity index (χ0n) is 11.7. The van der Waals surface area contributed by atoms with Crippen molar-refractivity contribution < 1.29 is 14.6 Å². The number of aromatic amines is 1. The summed E-state index contributed by atoms with van der Waals surface area (Å²) in [5.74, 6) is 1.58. The van der Waals surface area contributed by atoms with Crippen molar-refractivity contribution in [3.63, 3.8) is 0 Å². The molecule has 19 heavy (non-hydrogen) atoms. The van der Waals surface area contributed by atoms with Crippen molar-refractivity contribution in [1.29, 1.82) is 0 Å². The van der Waals surface area contributed by atoms with Crippen molar-refractivity contribution in [1.82, 2.24) is 4.98 Å². The summed E-state index contributed by atoms with van der Waals surface area (Å²) in [5.41, 5.74) is 4.71. The molecule has 0 spiro atoms. The summed E-state index contributed by atoms with van der Waals surface area (Å²) < 4.78 is 10.8. The standard InChI is InChI=1S/C15H19NO3/c1-9-14(18-3)6-5-12(15(9)19-4)13-7-11(8-17)10(2)16-13/h5-7,16-17H,8H2,1-4H3. The van der Waals surface area contributed by atoms with Gasteiger partial charge < -0.3 is 19.6 Å². The third-order valence-electron chi connectivity index (χ3n) is 3.36. The van der Waals surface area contributed by atoms with Crippen LogP contribution in [0.4, 0.5) is 0 Å². The quantitative estimate of drug-likeness (QED) is 0.889. The summed E-state index contributed by atoms with van der Waals surface area (Å²) in [4.78, 5) is 3.27. The van der Waals surface area contributed by atoms with Crippen LogP contribution < -0.4 is 9.47 Å². The fourth-order valence-corrected chi connectivity index (χ4v) is 2.28. The van der Waals surface area contributed by atoms with E-state index in [4.69, 9.17) is 9.47 Å². The second-order valence-corrected chi connectivity index (χ2v) is 4.46. The Labute approximate surface area is 113 Å². The molecule has 0 fully saturated rings. The van der Waals surface area contributed by atoms with E-state index in [0.717, 1.165) is 39.6 Å². The van der Waals surface area contributed by atoms with Gasteiger partial charge in [-0.05, 0) is 37.6 Å². The normalized spacial score (nSPS) is 10.6. The van der Waals surface area contributed by atoms with Gasteiger partial charge in [-0.2, -0.15) is 0 Å². The van der Waals surface area contributed by atoms with Gasteiger partial charge in [0.25, 0.3) is 0 Å². The Morgan fingerprint density at radius 2 is 1.89 bits per heavy atom. The van der Waals surface area contributed by atoms with E-state index in [1.165, 1.54) is 0 Å². The Bertz CT molecular complexity index is 587. The van der Waals surface area contributed by atoms with Gasteiger partial charge in [0, 0.05) is 22.5 Å². The summed E-state index contributed by atoms with van der Waals surface area (Å²) >= 11 is 0. The van der Waals surface area contributed by atoms with Gasteiger partial charge in [0.1, 0.15) is 11.5 Å². The number of aromatic nitrogens is 1. The third kappa shape index (κ3) is 2.31. The van der Waals surface area contributed by atoms with Crippen LogP contribution >= 0.6 is 0 Å². The first-order valence-electron chi connectivity index (χ1n) is 6.13. The van der Waals surface area contributed by atoms with Crippen LogP contribution in [0.1, 0.15) is 16.8 Å². The molecule has 1 aromatic heterocycles. The van der Waals surface area contributed by atoms with Crippen molar-refractivity contribution in [2.75, 3.05) is 14.2 Å². The Morgan fingerprint density at radius 3 is 2.42 bits per heavy atom. The third-order valence-corrected chi connectivity index (χ3v) is 3.36. The Balaban J connectivity index is 2.58. The molecular formula is C15H19NO3. The van der Waals surface area contributed by atoms with Gasteiger partial charge in [-0.25, -0.2) is 0 Å². The summed E-state index contributed by atoms with van der Waals surface area (Å²) in [7, 11) is 3.29. The number of hydrogen-bond acceptors (Lipinski definition) is 3. The highest BCUT2D eigenvalue weighted by molar-refractivity contribution is 5.72. The molecule has 1 aromatic carbocycles. The van der Waals surface area contributed by atoms with Crippen LogP contribution in [0.15, 0.2) is 18.2 Å². The molecule has 0 aliphatic heterocycles. The van der Waals surface area contributed by atoms with Crippen molar-refractivity contribution in [3.05, 3.63) is 35.0 Å². The zero-order chi connectivity index (χ0) is 14.0. The van der Waals surface area contributed by atoms with Crippen molar-refractivity contribution in [2.45, 2.75) is 20.5 Å². The monoisotopic (exact) mass is 261 g/mol. The van der Waals surface area contributed by atoms with Crippen LogP contribution in [0.5, 0.6) is 11.5 Å². The van der Waals surface area contributed by atoms with Gasteiger partial charge in [-0.15, -0.1) is 0 Å². The SMILES string of the molecule is COc1ccc(-c2cc(CO)c(C)[nH]2)c(OC)c1C. The Kier molecular flexibility index (Phi) is 3.81. The molecule has 2 rings (SSSR count). The molecule has 0 saturated carbocycles. The fraction of sp³-hybridized carbons (Fsp3) is 0.333. The molecular weight excluding hydrogens is 242 g/mol. The average molecular weight is 261 g/mol. The van der Waals surface area contributed by atoms with E-state index in [1.807, 2.05) is 32.0 Å². The van der Waals surface area contributed by atoms with Crippen LogP contribution in [0, 0.1) is 13.8 Å². The van der Waals surface area contributed by atoms with Crippen LogP contribution in [0.25, 0.3) is 11.3 Å². The largest absolute Gasteiger partial charge is 0.496 e. The van der Waals surface area contributed by atoms with Gasteiger partial charge in [-0.3, -0.25) is 0 Å². The Morgan fingerprint density at radius 1 is 1.16 bits per heavy atom. The highest BCUT2D eigenvalue weighted by Gasteiger charge is 2.15. The van der Waals surface area contributed by atoms with E-state index in [1.54, 1.807) is 14.2 Å². The summed E-state index contributed by atoms with van der Waals surface area (Å²) in [5, 5.41) is 9.27. The summed E-state index contributed by atoms with van der Waals surface area (Å²) in [6, 6.07) is 5.82. The highest BCUT2D eigenvalue weighted by Crippen LogP contribution is 2.37. The first-order valence-corrected chi connectivity index (χ1v) is 6.13. The molecule has 0 saturated heterocycles. The molecule has 0 bridgehead atoms. The average Bonchev–Trinajstić information content (AvgIpc) is 2.79. The topological polar surface area (TPSA) is 54.5 Å². The maximum Gasteiger partial charge on any atom is 0.134 e. The highest BCUT2D eigenvalue weighted by atomic mass is 16.5. The number of benzene rings is 1. The number of ether oxygens (including phenoxy) is 2. The molecule has 2 aromatic rings. The number of nitrogens with one attached hydrogen (secondary N) is 1. The van der Waals surface area contributed by atoms with E-state index in [0.29, 0.717) is 0 Å². The smallest absolute Gasteiger partial charge is 0.134 e. The number of aliphatic hydroxyl groups excluding tert-OH is 1. The van der Waals surface area contributed by atoms with Gasteiger partial charge >= 0.3 is 0 Å². The van der Waals surface area contributed by atoms with Gasteiger partial charge in [0.2, 0.25) is 0 Å². The minimum absolute atomic E-state index is 0.0276. The van der Waals surface area contributed by atoms with E-state index in [2.05, 4.69) is 4.98 Å². The molecule has 0 aliphatic carbocycles. The van der Waals surface area contributed by atoms with Crippen LogP contribution in [-0.2, 0) is 6.61 Å². The minimum Gasteiger partial charge on any atom is -0.496 e. The zero-order valence-corrected chi connectivity index (χ0v) is 11.7. The predicted molar refractivity (Wildman–Crippen MR) is 74.7 cm³/mol. The lowest BCUT2D eigenvalue weighted by molar-refractivity contribution is 0.281. The van der Waals surface area contributed by atoms with E-state index in [9.17, 15) is 5.11 Å². The van der Waals surface area contributed by atoms with E-state index < -0.39 is 0 Å². The lowest BCUT2D eigenvalue weighted by Gasteiger charge is -2.13. The predicted octanol–water partition coefficient (Wildman–Crippen LogP) is 2.81. The number of H-pyrrole nitrogens is 1. The van der Waals surface area contributed by atoms with Crippen LogP contribution in [0.3, 0.4) is 0 Å². The molecule has 0 amide bonds. The van der Waals surface area contributed by atoms with Gasteiger partial charge in [0.15, 0.2) is 0 Å². The molecule has 0 radical (unpaired) electrons. The summed E-state index contributed by atoms with van der Waals surface area (Å²) in [6.45, 7) is 3.93. The lowest BCUT2D eigenvalue weighted by Crippen LogP contribution is -1.95. The van der Waals surface area contributed by atoms with Crippen LogP contribution in [-0.4, -0.2) is 24.3 Å². The number of methoxy groups -OCH3 is 2. The maximum atomic E-state index is 9.27. The number of hydrogen-bond donors (Lipinski definition) is 2. The van der Waals surface area contributed by atoms with E-state index in [-0.39, 0.29) is 6.61 Å². The Hall–Kier alpha value is -1.94. The number of aliphatic hydroxyl groups is 1. The van der Waals surface area contributed by atoms with Crippen molar-refractivity contribution in [3.8, 4) is 22.8 Å². The molecule has 4 nitrogen and oxygen atoms in total. The molecule has 0 aliphatic rings. The molecule has 1 heterocycles. The molecule has 0 unspecified atom stereocenters. The fourth-order valence-electron chi connectivity index (χ4n) is 2.28. The second kappa shape index (κ2) is 5.36. The van der Waals surface area contributed by atoms with Crippen molar-refractivity contribution in [2.24, 2.45) is 0 Å². The molecule has 4 heteroatoms. The van der Waals surface area contributed by atoms with Crippen LogP contribution in [0.2, 0.25) is 0 Å². The second-order valence-electron chi connectivity index (χ2n) is 4.46. The van der Waals surface area contributed by atoms with E-state index >= 15 is 0 Å². The lowest BCUT2D eigenvalue weighted by atomic mass is 10.1. The minimum atomic E-state index is 0.0276. The van der Waals surface area contributed by atoms with Crippen molar-refractivity contribution >= 4 is 0 Å². The van der Waals surface area contributed by atoms with Gasteiger partial charge in [-0.1, -0.05) is 0 Å².